The first kappa shape index (κ1) is 23.6. The van der Waals surface area contributed by atoms with Crippen molar-refractivity contribution in [2.75, 3.05) is 31.6 Å². The lowest BCUT2D eigenvalue weighted by molar-refractivity contribution is -0.137. The number of aryl methyl sites for hydroxylation is 1. The number of carboxylic acids is 1. The summed E-state index contributed by atoms with van der Waals surface area (Å²) < 4.78 is 12.2. The van der Waals surface area contributed by atoms with Gasteiger partial charge in [-0.2, -0.15) is 4.98 Å². The molecular formula is C27H32N4O4S. The third-order valence-corrected chi connectivity index (χ3v) is 8.85. The second-order valence-electron chi connectivity index (χ2n) is 9.99. The van der Waals surface area contributed by atoms with Gasteiger partial charge in [-0.25, -0.2) is 4.98 Å². The third-order valence-electron chi connectivity index (χ3n) is 7.70. The van der Waals surface area contributed by atoms with Crippen LogP contribution in [0.2, 0.25) is 0 Å². The Kier molecular flexibility index (Phi) is 6.77. The molecule has 1 atom stereocenters. The topological polar surface area (TPSA) is 96.8 Å². The van der Waals surface area contributed by atoms with Gasteiger partial charge in [0, 0.05) is 29.7 Å². The van der Waals surface area contributed by atoms with Crippen LogP contribution in [0.3, 0.4) is 0 Å². The lowest BCUT2D eigenvalue weighted by Gasteiger charge is -2.38. The molecule has 0 amide bonds. The van der Waals surface area contributed by atoms with Crippen LogP contribution >= 0.6 is 11.3 Å². The van der Waals surface area contributed by atoms with Gasteiger partial charge < -0.3 is 19.9 Å². The summed E-state index contributed by atoms with van der Waals surface area (Å²) >= 11 is 1.65. The number of nitrogens with one attached hydrogen (secondary N) is 1. The number of aliphatic carboxylic acids is 1. The van der Waals surface area contributed by atoms with Crippen molar-refractivity contribution in [3.8, 4) is 5.88 Å². The van der Waals surface area contributed by atoms with E-state index in [1.165, 1.54) is 4.88 Å². The molecule has 2 fully saturated rings. The van der Waals surface area contributed by atoms with E-state index in [2.05, 4.69) is 10.2 Å². The fourth-order valence-corrected chi connectivity index (χ4v) is 7.20. The van der Waals surface area contributed by atoms with Crippen LogP contribution in [-0.2, 0) is 16.0 Å². The number of para-hydroxylation sites is 1. The summed E-state index contributed by atoms with van der Waals surface area (Å²) in [6, 6.07) is 10.5. The van der Waals surface area contributed by atoms with Crippen molar-refractivity contribution in [1.82, 2.24) is 14.9 Å². The van der Waals surface area contributed by atoms with Crippen LogP contribution in [0.25, 0.3) is 10.2 Å². The summed E-state index contributed by atoms with van der Waals surface area (Å²) in [6.45, 7) is 3.69. The Hall–Kier alpha value is -2.75. The van der Waals surface area contributed by atoms with Gasteiger partial charge in [0.25, 0.3) is 0 Å². The monoisotopic (exact) mass is 508 g/mol. The van der Waals surface area contributed by atoms with Crippen molar-refractivity contribution in [2.24, 2.45) is 0 Å². The highest BCUT2D eigenvalue weighted by Gasteiger charge is 2.34. The highest BCUT2D eigenvalue weighted by atomic mass is 32.1. The van der Waals surface area contributed by atoms with Crippen LogP contribution in [-0.4, -0.2) is 64.4 Å². The van der Waals surface area contributed by atoms with Gasteiger partial charge in [-0.15, -0.1) is 11.3 Å². The van der Waals surface area contributed by atoms with Gasteiger partial charge in [-0.05, 0) is 62.1 Å². The Morgan fingerprint density at radius 1 is 1.11 bits per heavy atom. The van der Waals surface area contributed by atoms with Crippen LogP contribution in [0.4, 0.5) is 11.6 Å². The van der Waals surface area contributed by atoms with Crippen LogP contribution in [0.5, 0.6) is 5.88 Å². The molecule has 6 rings (SSSR count). The quantitative estimate of drug-likeness (QED) is 0.462. The molecule has 2 aliphatic carbocycles. The van der Waals surface area contributed by atoms with E-state index in [4.69, 9.17) is 19.4 Å². The number of morpholine rings is 1. The molecule has 36 heavy (non-hydrogen) atoms. The number of nitrogens with zero attached hydrogens (tertiary/aromatic N) is 3. The average Bonchev–Trinajstić information content (AvgIpc) is 3.45. The van der Waals surface area contributed by atoms with Crippen LogP contribution < -0.4 is 10.1 Å². The van der Waals surface area contributed by atoms with E-state index in [9.17, 15) is 9.90 Å². The molecule has 0 bridgehead atoms. The number of carbonyl (C=O) groups is 1. The molecule has 0 radical (unpaired) electrons. The molecule has 2 aromatic heterocycles. The standard InChI is InChI=1S/C27H32N4O4S/c32-22(33)16-17-6-11-21-23(17)24-25(29-27(30-26(24)36-21)28-18-4-2-1-3-5-18)35-20-9-7-19(8-10-20)31-12-14-34-15-13-31/h1-5,17,19-20H,6-16H2,(H,32,33)(H,28,29,30)/t17-,19-,20-/m1/s1. The summed E-state index contributed by atoms with van der Waals surface area (Å²) in [5.41, 5.74) is 2.02. The van der Waals surface area contributed by atoms with Crippen LogP contribution in [0.1, 0.15) is 54.9 Å². The van der Waals surface area contributed by atoms with E-state index in [1.54, 1.807) is 11.3 Å². The molecule has 3 heterocycles. The maximum absolute atomic E-state index is 11.6. The third kappa shape index (κ3) is 4.92. The van der Waals surface area contributed by atoms with E-state index in [0.717, 1.165) is 86.3 Å². The summed E-state index contributed by atoms with van der Waals surface area (Å²) in [6.07, 6.45) is 6.17. The van der Waals surface area contributed by atoms with Gasteiger partial charge in [0.1, 0.15) is 10.9 Å². The molecule has 8 nitrogen and oxygen atoms in total. The number of thiophene rings is 1. The number of carboxylic acid groups (broad SMARTS) is 1. The van der Waals surface area contributed by atoms with Crippen LogP contribution in [0.15, 0.2) is 30.3 Å². The van der Waals surface area contributed by atoms with E-state index >= 15 is 0 Å². The Morgan fingerprint density at radius 3 is 2.64 bits per heavy atom. The van der Waals surface area contributed by atoms with E-state index in [0.29, 0.717) is 17.9 Å². The Bertz CT molecular complexity index is 1220. The fourth-order valence-electron chi connectivity index (χ4n) is 5.94. The number of benzene rings is 1. The number of rotatable bonds is 7. The fraction of sp³-hybridized carbons (Fsp3) is 0.519. The second-order valence-corrected chi connectivity index (χ2v) is 11.1. The number of ether oxygens (including phenoxy) is 2. The van der Waals surface area contributed by atoms with Gasteiger partial charge in [0.05, 0.1) is 25.0 Å². The molecule has 1 aromatic carbocycles. The first-order valence-corrected chi connectivity index (χ1v) is 13.8. The SMILES string of the molecule is O=C(O)C[C@H]1CCc2sc3nc(Nc4ccccc4)nc(O[C@H]4CC[C@H](N5CCOCC5)CC4)c3c21. The molecule has 3 aromatic rings. The number of fused-ring (bicyclic) bond motifs is 3. The predicted octanol–water partition coefficient (Wildman–Crippen LogP) is 4.96. The lowest BCUT2D eigenvalue weighted by Crippen LogP contribution is -2.46. The summed E-state index contributed by atoms with van der Waals surface area (Å²) in [7, 11) is 0. The zero-order chi connectivity index (χ0) is 24.5. The molecule has 0 unspecified atom stereocenters. The first-order chi connectivity index (χ1) is 17.6. The Labute approximate surface area is 214 Å². The average molecular weight is 509 g/mol. The Balaban J connectivity index is 1.28. The molecule has 3 aliphatic rings. The summed E-state index contributed by atoms with van der Waals surface area (Å²) in [4.78, 5) is 25.9. The van der Waals surface area contributed by atoms with Gasteiger partial charge in [-0.3, -0.25) is 9.69 Å². The summed E-state index contributed by atoms with van der Waals surface area (Å²) in [5, 5.41) is 13.7. The maximum Gasteiger partial charge on any atom is 0.303 e. The van der Waals surface area contributed by atoms with Gasteiger partial charge in [0.15, 0.2) is 0 Å². The van der Waals surface area contributed by atoms with E-state index in [1.807, 2.05) is 30.3 Å². The minimum atomic E-state index is -0.764. The van der Waals surface area contributed by atoms with Crippen molar-refractivity contribution in [1.29, 1.82) is 0 Å². The van der Waals surface area contributed by atoms with Crippen LogP contribution in [0, 0.1) is 0 Å². The number of aromatic nitrogens is 2. The van der Waals surface area contributed by atoms with E-state index in [-0.39, 0.29) is 18.4 Å². The van der Waals surface area contributed by atoms with Crippen molar-refractivity contribution in [2.45, 2.75) is 63.0 Å². The van der Waals surface area contributed by atoms with Gasteiger partial charge in [-0.1, -0.05) is 18.2 Å². The van der Waals surface area contributed by atoms with Crippen molar-refractivity contribution in [3.63, 3.8) is 0 Å². The minimum Gasteiger partial charge on any atom is -0.481 e. The van der Waals surface area contributed by atoms with Crippen molar-refractivity contribution in [3.05, 3.63) is 40.8 Å². The maximum atomic E-state index is 11.6. The summed E-state index contributed by atoms with van der Waals surface area (Å²) in [5.74, 6) is 0.338. The number of hydrogen-bond acceptors (Lipinski definition) is 8. The van der Waals surface area contributed by atoms with Gasteiger partial charge in [0.2, 0.25) is 11.8 Å². The number of anilines is 2. The molecule has 2 N–H and O–H groups in total. The molecule has 1 aliphatic heterocycles. The number of hydrogen-bond donors (Lipinski definition) is 2. The molecule has 190 valence electrons. The highest BCUT2D eigenvalue weighted by Crippen LogP contribution is 2.48. The molecule has 9 heteroatoms. The molecule has 1 saturated carbocycles. The first-order valence-electron chi connectivity index (χ1n) is 13.0. The molecule has 1 saturated heterocycles. The second kappa shape index (κ2) is 10.3. The smallest absolute Gasteiger partial charge is 0.303 e. The molecular weight excluding hydrogens is 476 g/mol. The Morgan fingerprint density at radius 2 is 1.89 bits per heavy atom. The molecule has 0 spiro atoms. The van der Waals surface area contributed by atoms with Crippen molar-refractivity contribution >= 4 is 39.2 Å². The minimum absolute atomic E-state index is 0.0119. The normalized spacial score (nSPS) is 24.5. The predicted molar refractivity (Wildman–Crippen MR) is 140 cm³/mol. The van der Waals surface area contributed by atoms with Gasteiger partial charge >= 0.3 is 5.97 Å². The van der Waals surface area contributed by atoms with E-state index < -0.39 is 5.97 Å². The largest absolute Gasteiger partial charge is 0.481 e. The van der Waals surface area contributed by atoms with Crippen molar-refractivity contribution < 1.29 is 19.4 Å². The zero-order valence-corrected chi connectivity index (χ0v) is 21.1. The lowest BCUT2D eigenvalue weighted by atomic mass is 9.91. The highest BCUT2D eigenvalue weighted by molar-refractivity contribution is 7.19. The zero-order valence-electron chi connectivity index (χ0n) is 20.3.